The normalized spacial score (nSPS) is 13.8. The first-order chi connectivity index (χ1) is 15.4. The van der Waals surface area contributed by atoms with Crippen LogP contribution in [0, 0.1) is 6.92 Å². The second-order valence-corrected chi connectivity index (χ2v) is 8.80. The summed E-state index contributed by atoms with van der Waals surface area (Å²) in [5.74, 6) is 0.472. The first-order valence-corrected chi connectivity index (χ1v) is 11.2. The van der Waals surface area contributed by atoms with Crippen molar-refractivity contribution < 1.29 is 4.79 Å². The molecule has 0 radical (unpaired) electrons. The zero-order chi connectivity index (χ0) is 22.7. The molecule has 0 unspecified atom stereocenters. The molecule has 0 spiro atoms. The van der Waals surface area contributed by atoms with E-state index < -0.39 is 0 Å². The van der Waals surface area contributed by atoms with E-state index in [1.165, 1.54) is 5.56 Å². The Hall–Kier alpha value is -3.25. The predicted octanol–water partition coefficient (Wildman–Crippen LogP) is 3.87. The van der Waals surface area contributed by atoms with Crippen molar-refractivity contribution >= 4 is 11.6 Å². The van der Waals surface area contributed by atoms with E-state index in [1.54, 1.807) is 4.57 Å². The van der Waals surface area contributed by atoms with Crippen LogP contribution in [0.1, 0.15) is 48.0 Å². The van der Waals surface area contributed by atoms with Gasteiger partial charge in [-0.3, -0.25) is 19.1 Å². The standard InChI is InChI=1S/C26H30N4O2/c1-18(2)25-28-23-16-29(15-20-7-5-4-6-8-20)14-13-22(23)26(32)30(25)17-24(31)27-21-11-9-19(3)10-12-21/h4-12,18H,13-17H2,1-3H3,(H,27,31). The van der Waals surface area contributed by atoms with Crippen molar-refractivity contribution in [2.45, 2.75) is 52.7 Å². The molecule has 1 aliphatic rings. The Labute approximate surface area is 188 Å². The van der Waals surface area contributed by atoms with Crippen molar-refractivity contribution in [1.82, 2.24) is 14.5 Å². The van der Waals surface area contributed by atoms with Gasteiger partial charge in [0.1, 0.15) is 12.4 Å². The molecule has 2 heterocycles. The van der Waals surface area contributed by atoms with Gasteiger partial charge in [0.2, 0.25) is 5.91 Å². The fourth-order valence-corrected chi connectivity index (χ4v) is 4.15. The molecule has 1 aromatic heterocycles. The summed E-state index contributed by atoms with van der Waals surface area (Å²) in [6.45, 7) is 8.26. The molecule has 0 saturated heterocycles. The van der Waals surface area contributed by atoms with E-state index in [0.717, 1.165) is 35.6 Å². The molecule has 2 aromatic carbocycles. The number of nitrogens with one attached hydrogen (secondary N) is 1. The highest BCUT2D eigenvalue weighted by Crippen LogP contribution is 2.20. The van der Waals surface area contributed by atoms with Gasteiger partial charge in [-0.1, -0.05) is 61.9 Å². The van der Waals surface area contributed by atoms with Crippen LogP contribution in [-0.2, 0) is 30.8 Å². The molecule has 0 fully saturated rings. The number of benzene rings is 2. The summed E-state index contributed by atoms with van der Waals surface area (Å²) in [7, 11) is 0. The summed E-state index contributed by atoms with van der Waals surface area (Å²) in [6, 6.07) is 18.0. The van der Waals surface area contributed by atoms with Gasteiger partial charge in [-0.25, -0.2) is 4.98 Å². The van der Waals surface area contributed by atoms with Crippen LogP contribution in [0.2, 0.25) is 0 Å². The number of carbonyl (C=O) groups excluding carboxylic acids is 1. The number of hydrogen-bond acceptors (Lipinski definition) is 4. The van der Waals surface area contributed by atoms with Gasteiger partial charge in [-0.2, -0.15) is 0 Å². The van der Waals surface area contributed by atoms with Crippen LogP contribution >= 0.6 is 0 Å². The fraction of sp³-hybridized carbons (Fsp3) is 0.346. The Balaban J connectivity index is 1.56. The van der Waals surface area contributed by atoms with Crippen LogP contribution < -0.4 is 10.9 Å². The van der Waals surface area contributed by atoms with Gasteiger partial charge in [-0.15, -0.1) is 0 Å². The number of rotatable bonds is 6. The lowest BCUT2D eigenvalue weighted by atomic mass is 10.0. The molecule has 0 aliphatic carbocycles. The van der Waals surface area contributed by atoms with E-state index >= 15 is 0 Å². The van der Waals surface area contributed by atoms with E-state index in [0.29, 0.717) is 18.8 Å². The SMILES string of the molecule is Cc1ccc(NC(=O)Cn2c(C(C)C)nc3c(c2=O)CCN(Cc2ccccc2)C3)cc1. The minimum atomic E-state index is -0.221. The molecule has 1 amide bonds. The average molecular weight is 431 g/mol. The number of anilines is 1. The molecule has 4 rings (SSSR count). The van der Waals surface area contributed by atoms with E-state index in [-0.39, 0.29) is 23.9 Å². The zero-order valence-electron chi connectivity index (χ0n) is 19.0. The lowest BCUT2D eigenvalue weighted by Crippen LogP contribution is -2.40. The number of hydrogen-bond donors (Lipinski definition) is 1. The maximum absolute atomic E-state index is 13.4. The largest absolute Gasteiger partial charge is 0.325 e. The summed E-state index contributed by atoms with van der Waals surface area (Å²) in [6.07, 6.45) is 0.645. The summed E-state index contributed by atoms with van der Waals surface area (Å²) in [5, 5.41) is 2.89. The van der Waals surface area contributed by atoms with Gasteiger partial charge in [-0.05, 0) is 31.0 Å². The lowest BCUT2D eigenvalue weighted by molar-refractivity contribution is -0.116. The average Bonchev–Trinajstić information content (AvgIpc) is 2.77. The van der Waals surface area contributed by atoms with Gasteiger partial charge in [0.15, 0.2) is 0 Å². The van der Waals surface area contributed by atoms with Crippen LogP contribution in [0.25, 0.3) is 0 Å². The van der Waals surface area contributed by atoms with Crippen LogP contribution in [0.5, 0.6) is 0 Å². The Bertz CT molecular complexity index is 1150. The van der Waals surface area contributed by atoms with Gasteiger partial charge >= 0.3 is 0 Å². The Morgan fingerprint density at radius 2 is 1.81 bits per heavy atom. The fourth-order valence-electron chi connectivity index (χ4n) is 4.15. The van der Waals surface area contributed by atoms with Gasteiger partial charge in [0, 0.05) is 36.8 Å². The lowest BCUT2D eigenvalue weighted by Gasteiger charge is -2.29. The zero-order valence-corrected chi connectivity index (χ0v) is 19.0. The van der Waals surface area contributed by atoms with E-state index in [1.807, 2.05) is 63.2 Å². The second kappa shape index (κ2) is 9.49. The molecule has 3 aromatic rings. The van der Waals surface area contributed by atoms with Crippen molar-refractivity contribution in [3.63, 3.8) is 0 Å². The second-order valence-electron chi connectivity index (χ2n) is 8.80. The number of aromatic nitrogens is 2. The number of nitrogens with zero attached hydrogens (tertiary/aromatic N) is 3. The van der Waals surface area contributed by atoms with Crippen molar-refractivity contribution in [1.29, 1.82) is 0 Å². The molecule has 6 nitrogen and oxygen atoms in total. The molecular weight excluding hydrogens is 400 g/mol. The highest BCUT2D eigenvalue weighted by molar-refractivity contribution is 5.90. The van der Waals surface area contributed by atoms with E-state index in [4.69, 9.17) is 4.98 Å². The maximum Gasteiger partial charge on any atom is 0.257 e. The summed E-state index contributed by atoms with van der Waals surface area (Å²) < 4.78 is 1.56. The smallest absolute Gasteiger partial charge is 0.257 e. The van der Waals surface area contributed by atoms with Crippen molar-refractivity contribution in [3.05, 3.63) is 93.2 Å². The van der Waals surface area contributed by atoms with E-state index in [9.17, 15) is 9.59 Å². The molecule has 0 atom stereocenters. The van der Waals surface area contributed by atoms with Crippen molar-refractivity contribution in [2.24, 2.45) is 0 Å². The summed E-state index contributed by atoms with van der Waals surface area (Å²) in [5.41, 5.74) is 4.60. The molecule has 6 heteroatoms. The highest BCUT2D eigenvalue weighted by Gasteiger charge is 2.25. The molecule has 0 bridgehead atoms. The quantitative estimate of drug-likeness (QED) is 0.645. The van der Waals surface area contributed by atoms with Gasteiger partial charge in [0.05, 0.1) is 5.69 Å². The maximum atomic E-state index is 13.4. The van der Waals surface area contributed by atoms with Crippen LogP contribution in [0.3, 0.4) is 0 Å². The first kappa shape index (κ1) is 22.0. The molecule has 1 aliphatic heterocycles. The van der Waals surface area contributed by atoms with E-state index in [2.05, 4.69) is 22.3 Å². The Morgan fingerprint density at radius 3 is 2.50 bits per heavy atom. The highest BCUT2D eigenvalue weighted by atomic mass is 16.2. The number of fused-ring (bicyclic) bond motifs is 1. The summed E-state index contributed by atoms with van der Waals surface area (Å²) >= 11 is 0. The monoisotopic (exact) mass is 430 g/mol. The third-order valence-electron chi connectivity index (χ3n) is 5.83. The third kappa shape index (κ3) is 4.97. The molecular formula is C26H30N4O2. The molecule has 166 valence electrons. The Kier molecular flexibility index (Phi) is 6.51. The van der Waals surface area contributed by atoms with Crippen molar-refractivity contribution in [2.75, 3.05) is 11.9 Å². The number of aryl methyl sites for hydroxylation is 1. The minimum absolute atomic E-state index is 0.0321. The molecule has 32 heavy (non-hydrogen) atoms. The number of carbonyl (C=O) groups is 1. The molecule has 1 N–H and O–H groups in total. The van der Waals surface area contributed by atoms with Gasteiger partial charge in [0.25, 0.3) is 5.56 Å². The third-order valence-corrected chi connectivity index (χ3v) is 5.83. The van der Waals surface area contributed by atoms with Gasteiger partial charge < -0.3 is 5.32 Å². The number of amides is 1. The minimum Gasteiger partial charge on any atom is -0.325 e. The summed E-state index contributed by atoms with van der Waals surface area (Å²) in [4.78, 5) is 33.3. The topological polar surface area (TPSA) is 67.2 Å². The molecule has 0 saturated carbocycles. The van der Waals surface area contributed by atoms with Crippen LogP contribution in [0.15, 0.2) is 59.4 Å². The van der Waals surface area contributed by atoms with Crippen LogP contribution in [-0.4, -0.2) is 26.9 Å². The van der Waals surface area contributed by atoms with Crippen molar-refractivity contribution in [3.8, 4) is 0 Å². The Morgan fingerprint density at radius 1 is 1.09 bits per heavy atom. The van der Waals surface area contributed by atoms with Crippen LogP contribution in [0.4, 0.5) is 5.69 Å². The predicted molar refractivity (Wildman–Crippen MR) is 127 cm³/mol. The first-order valence-electron chi connectivity index (χ1n) is 11.2.